The molecular weight excluding hydrogens is 326 g/mol. The lowest BCUT2D eigenvalue weighted by atomic mass is 9.86. The first kappa shape index (κ1) is 20.4. The molecular formula is C21H33N3O2. The number of piperazine rings is 1. The zero-order valence-electron chi connectivity index (χ0n) is 16.7. The first-order valence-electron chi connectivity index (χ1n) is 9.66. The van der Waals surface area contributed by atoms with Crippen LogP contribution in [0.1, 0.15) is 45.2 Å². The Labute approximate surface area is 157 Å². The summed E-state index contributed by atoms with van der Waals surface area (Å²) in [6.07, 6.45) is 1.33. The number of hydrogen-bond donors (Lipinski definition) is 1. The average molecular weight is 360 g/mol. The third-order valence-corrected chi connectivity index (χ3v) is 4.91. The number of nitrogens with zero attached hydrogens (tertiary/aromatic N) is 2. The average Bonchev–Trinajstić information content (AvgIpc) is 2.60. The molecule has 2 amide bonds. The van der Waals surface area contributed by atoms with E-state index in [9.17, 15) is 9.59 Å². The van der Waals surface area contributed by atoms with Gasteiger partial charge in [-0.15, -0.1) is 0 Å². The van der Waals surface area contributed by atoms with Gasteiger partial charge in [-0.05, 0) is 29.9 Å². The molecule has 1 saturated heterocycles. The third kappa shape index (κ3) is 6.13. The summed E-state index contributed by atoms with van der Waals surface area (Å²) in [7, 11) is 0. The second-order valence-corrected chi connectivity index (χ2v) is 8.06. The highest BCUT2D eigenvalue weighted by Crippen LogP contribution is 2.22. The number of nitrogens with one attached hydrogen (secondary N) is 1. The molecule has 26 heavy (non-hydrogen) atoms. The Kier molecular flexibility index (Phi) is 7.21. The summed E-state index contributed by atoms with van der Waals surface area (Å²) in [4.78, 5) is 28.1. The largest absolute Gasteiger partial charge is 0.355 e. The van der Waals surface area contributed by atoms with Crippen LogP contribution in [-0.4, -0.2) is 60.9 Å². The van der Waals surface area contributed by atoms with Crippen molar-refractivity contribution >= 4 is 11.8 Å². The van der Waals surface area contributed by atoms with Gasteiger partial charge >= 0.3 is 0 Å². The monoisotopic (exact) mass is 359 g/mol. The van der Waals surface area contributed by atoms with E-state index in [0.717, 1.165) is 19.5 Å². The quantitative estimate of drug-likeness (QED) is 0.847. The van der Waals surface area contributed by atoms with Gasteiger partial charge < -0.3 is 10.2 Å². The smallest absolute Gasteiger partial charge is 0.234 e. The van der Waals surface area contributed by atoms with E-state index in [4.69, 9.17) is 0 Å². The van der Waals surface area contributed by atoms with Crippen LogP contribution in [0.25, 0.3) is 0 Å². The number of aryl methyl sites for hydroxylation is 1. The van der Waals surface area contributed by atoms with Crippen molar-refractivity contribution in [3.05, 3.63) is 35.4 Å². The Balaban J connectivity index is 1.74. The van der Waals surface area contributed by atoms with Gasteiger partial charge in [0.1, 0.15) is 0 Å². The number of rotatable bonds is 6. The van der Waals surface area contributed by atoms with Crippen molar-refractivity contribution in [2.45, 2.75) is 46.0 Å². The topological polar surface area (TPSA) is 52.7 Å². The van der Waals surface area contributed by atoms with Crippen molar-refractivity contribution in [2.24, 2.45) is 0 Å². The number of amides is 2. The minimum Gasteiger partial charge on any atom is -0.355 e. The Morgan fingerprint density at radius 1 is 1.04 bits per heavy atom. The van der Waals surface area contributed by atoms with E-state index in [1.165, 1.54) is 11.1 Å². The SMILES string of the molecule is CCNC(=O)CN1CCN(C(=O)CCc2ccc(C(C)(C)C)cc2)CC1. The molecule has 1 heterocycles. The highest BCUT2D eigenvalue weighted by molar-refractivity contribution is 5.78. The summed E-state index contributed by atoms with van der Waals surface area (Å²) in [6, 6.07) is 8.61. The predicted molar refractivity (Wildman–Crippen MR) is 105 cm³/mol. The molecule has 1 aliphatic heterocycles. The lowest BCUT2D eigenvalue weighted by molar-refractivity contribution is -0.133. The van der Waals surface area contributed by atoms with Gasteiger partial charge in [0.05, 0.1) is 6.54 Å². The van der Waals surface area contributed by atoms with Crippen LogP contribution in [0.15, 0.2) is 24.3 Å². The highest BCUT2D eigenvalue weighted by Gasteiger charge is 2.22. The Morgan fingerprint density at radius 3 is 2.19 bits per heavy atom. The molecule has 1 aromatic rings. The first-order valence-corrected chi connectivity index (χ1v) is 9.66. The van der Waals surface area contributed by atoms with Crippen LogP contribution in [0.2, 0.25) is 0 Å². The van der Waals surface area contributed by atoms with Crippen molar-refractivity contribution in [3.8, 4) is 0 Å². The maximum absolute atomic E-state index is 12.5. The van der Waals surface area contributed by atoms with Crippen LogP contribution in [0.3, 0.4) is 0 Å². The maximum Gasteiger partial charge on any atom is 0.234 e. The summed E-state index contributed by atoms with van der Waals surface area (Å²) >= 11 is 0. The Morgan fingerprint density at radius 2 is 1.65 bits per heavy atom. The Hall–Kier alpha value is -1.88. The molecule has 0 atom stereocenters. The van der Waals surface area contributed by atoms with Crippen molar-refractivity contribution in [3.63, 3.8) is 0 Å². The Bertz CT molecular complexity index is 597. The summed E-state index contributed by atoms with van der Waals surface area (Å²) in [5, 5.41) is 2.82. The third-order valence-electron chi connectivity index (χ3n) is 4.91. The minimum atomic E-state index is 0.0611. The van der Waals surface area contributed by atoms with Gasteiger partial charge in [0.2, 0.25) is 11.8 Å². The van der Waals surface area contributed by atoms with Gasteiger partial charge in [-0.2, -0.15) is 0 Å². The van der Waals surface area contributed by atoms with Crippen molar-refractivity contribution < 1.29 is 9.59 Å². The van der Waals surface area contributed by atoms with Crippen molar-refractivity contribution in [2.75, 3.05) is 39.3 Å². The van der Waals surface area contributed by atoms with Gasteiger partial charge in [0, 0.05) is 39.1 Å². The summed E-state index contributed by atoms with van der Waals surface area (Å²) in [5.41, 5.74) is 2.68. The number of carbonyl (C=O) groups excluding carboxylic acids is 2. The second-order valence-electron chi connectivity index (χ2n) is 8.06. The lowest BCUT2D eigenvalue weighted by Crippen LogP contribution is -2.51. The van der Waals surface area contributed by atoms with E-state index in [-0.39, 0.29) is 17.2 Å². The molecule has 1 aromatic carbocycles. The maximum atomic E-state index is 12.5. The van der Waals surface area contributed by atoms with E-state index in [1.807, 2.05) is 11.8 Å². The minimum absolute atomic E-state index is 0.0611. The fourth-order valence-corrected chi connectivity index (χ4v) is 3.19. The highest BCUT2D eigenvalue weighted by atomic mass is 16.2. The van der Waals surface area contributed by atoms with E-state index >= 15 is 0 Å². The van der Waals surface area contributed by atoms with Gasteiger partial charge in [-0.1, -0.05) is 45.0 Å². The molecule has 144 valence electrons. The number of likely N-dealkylation sites (N-methyl/N-ethyl adjacent to an activating group) is 1. The summed E-state index contributed by atoms with van der Waals surface area (Å²) in [5.74, 6) is 0.272. The fourth-order valence-electron chi connectivity index (χ4n) is 3.19. The van der Waals surface area contributed by atoms with E-state index < -0.39 is 0 Å². The molecule has 1 aliphatic rings. The van der Waals surface area contributed by atoms with Crippen LogP contribution in [0, 0.1) is 0 Å². The second kappa shape index (κ2) is 9.17. The molecule has 0 unspecified atom stereocenters. The molecule has 1 fully saturated rings. The molecule has 0 spiro atoms. The zero-order valence-corrected chi connectivity index (χ0v) is 16.7. The van der Waals surface area contributed by atoms with Gasteiger partial charge in [0.25, 0.3) is 0 Å². The van der Waals surface area contributed by atoms with Crippen molar-refractivity contribution in [1.29, 1.82) is 0 Å². The molecule has 0 aliphatic carbocycles. The predicted octanol–water partition coefficient (Wildman–Crippen LogP) is 2.20. The molecule has 5 heteroatoms. The normalized spacial score (nSPS) is 15.8. The number of benzene rings is 1. The molecule has 0 aromatic heterocycles. The zero-order chi connectivity index (χ0) is 19.2. The summed E-state index contributed by atoms with van der Waals surface area (Å²) in [6.45, 7) is 12.6. The van der Waals surface area contributed by atoms with Gasteiger partial charge in [-0.25, -0.2) is 0 Å². The van der Waals surface area contributed by atoms with E-state index in [1.54, 1.807) is 0 Å². The van der Waals surface area contributed by atoms with Crippen LogP contribution in [0.5, 0.6) is 0 Å². The van der Waals surface area contributed by atoms with E-state index in [2.05, 4.69) is 55.3 Å². The molecule has 0 radical (unpaired) electrons. The standard InChI is InChI=1S/C21H33N3O2/c1-5-22-19(25)16-23-12-14-24(15-13-23)20(26)11-8-17-6-9-18(10-7-17)21(2,3)4/h6-7,9-10H,5,8,11-16H2,1-4H3,(H,22,25). The van der Waals surface area contributed by atoms with Gasteiger partial charge in [-0.3, -0.25) is 14.5 Å². The van der Waals surface area contributed by atoms with E-state index in [0.29, 0.717) is 32.6 Å². The fraction of sp³-hybridized carbons (Fsp3) is 0.619. The number of hydrogen-bond acceptors (Lipinski definition) is 3. The van der Waals surface area contributed by atoms with Crippen LogP contribution in [-0.2, 0) is 21.4 Å². The first-order chi connectivity index (χ1) is 12.3. The van der Waals surface area contributed by atoms with Gasteiger partial charge in [0.15, 0.2) is 0 Å². The molecule has 1 N–H and O–H groups in total. The molecule has 0 saturated carbocycles. The summed E-state index contributed by atoms with van der Waals surface area (Å²) < 4.78 is 0. The van der Waals surface area contributed by atoms with Crippen molar-refractivity contribution in [1.82, 2.24) is 15.1 Å². The lowest BCUT2D eigenvalue weighted by Gasteiger charge is -2.34. The number of carbonyl (C=O) groups is 2. The molecule has 0 bridgehead atoms. The molecule has 5 nitrogen and oxygen atoms in total. The van der Waals surface area contributed by atoms with Crippen LogP contribution >= 0.6 is 0 Å². The molecule has 2 rings (SSSR count). The van der Waals surface area contributed by atoms with Crippen LogP contribution in [0.4, 0.5) is 0 Å². The van der Waals surface area contributed by atoms with Crippen LogP contribution < -0.4 is 5.32 Å².